The predicted molar refractivity (Wildman–Crippen MR) is 151 cm³/mol. The van der Waals surface area contributed by atoms with Gasteiger partial charge in [-0.1, -0.05) is 115 Å². The first kappa shape index (κ1) is 20.7. The molecule has 1 heteroatoms. The molecule has 0 bridgehead atoms. The lowest BCUT2D eigenvalue weighted by Crippen LogP contribution is -2.28. The lowest BCUT2D eigenvalue weighted by Gasteiger charge is -2.34. The Balaban J connectivity index is 1.53. The molecule has 1 nitrogen and oxygen atoms in total. The van der Waals surface area contributed by atoms with Gasteiger partial charge in [0.1, 0.15) is 0 Å². The highest BCUT2D eigenvalue weighted by atomic mass is 14.9. The number of hydrogen-bond donors (Lipinski definition) is 1. The molecule has 0 saturated carbocycles. The van der Waals surface area contributed by atoms with E-state index < -0.39 is 5.41 Å². The quantitative estimate of drug-likeness (QED) is 0.277. The second-order valence-corrected chi connectivity index (χ2v) is 9.47. The summed E-state index contributed by atoms with van der Waals surface area (Å²) in [4.78, 5) is 0. The van der Waals surface area contributed by atoms with Gasteiger partial charge in [-0.15, -0.1) is 0 Å². The van der Waals surface area contributed by atoms with Crippen molar-refractivity contribution in [2.75, 3.05) is 5.32 Å². The molecular weight excluding hydrogens is 434 g/mol. The average molecular weight is 460 g/mol. The average Bonchev–Trinajstić information content (AvgIpc) is 3.25. The van der Waals surface area contributed by atoms with E-state index in [0.717, 1.165) is 11.4 Å². The van der Waals surface area contributed by atoms with E-state index >= 15 is 0 Å². The van der Waals surface area contributed by atoms with E-state index in [0.29, 0.717) is 0 Å². The summed E-state index contributed by atoms with van der Waals surface area (Å²) in [5.41, 5.74) is 9.59. The summed E-state index contributed by atoms with van der Waals surface area (Å²) >= 11 is 0. The van der Waals surface area contributed by atoms with E-state index in [1.807, 2.05) is 6.07 Å². The minimum absolute atomic E-state index is 0.411. The summed E-state index contributed by atoms with van der Waals surface area (Å²) in [7, 11) is 0. The Labute approximate surface area is 211 Å². The molecular formula is C35H25N. The van der Waals surface area contributed by atoms with E-state index in [-0.39, 0.29) is 0 Å². The highest BCUT2D eigenvalue weighted by molar-refractivity contribution is 5.89. The number of nitrogens with one attached hydrogen (secondary N) is 1. The Bertz CT molecular complexity index is 1670. The molecule has 7 rings (SSSR count). The SMILES string of the molecule is c1ccc(Nc2cccc(C3(c4ccc5ccccc5c4)c4ccccc4-c4ccccc43)c2)cc1. The smallest absolute Gasteiger partial charge is 0.0714 e. The first-order valence-corrected chi connectivity index (χ1v) is 12.5. The van der Waals surface area contributed by atoms with Crippen molar-refractivity contribution in [3.8, 4) is 11.1 Å². The van der Waals surface area contributed by atoms with Crippen molar-refractivity contribution in [1.29, 1.82) is 0 Å². The molecule has 170 valence electrons. The summed E-state index contributed by atoms with van der Waals surface area (Å²) < 4.78 is 0. The third-order valence-corrected chi connectivity index (χ3v) is 7.49. The van der Waals surface area contributed by atoms with Crippen LogP contribution in [0.5, 0.6) is 0 Å². The monoisotopic (exact) mass is 459 g/mol. The molecule has 0 aliphatic heterocycles. The Morgan fingerprint density at radius 3 is 1.72 bits per heavy atom. The van der Waals surface area contributed by atoms with Gasteiger partial charge in [0.05, 0.1) is 5.41 Å². The third-order valence-electron chi connectivity index (χ3n) is 7.49. The van der Waals surface area contributed by atoms with Crippen LogP contribution in [-0.2, 0) is 5.41 Å². The molecule has 1 aliphatic rings. The van der Waals surface area contributed by atoms with Crippen molar-refractivity contribution >= 4 is 22.1 Å². The molecule has 0 heterocycles. The van der Waals surface area contributed by atoms with Crippen molar-refractivity contribution in [3.05, 3.63) is 168 Å². The first-order chi connectivity index (χ1) is 17.8. The highest BCUT2D eigenvalue weighted by Gasteiger charge is 2.46. The molecule has 1 aliphatic carbocycles. The molecule has 6 aromatic carbocycles. The van der Waals surface area contributed by atoms with Gasteiger partial charge in [0, 0.05) is 11.4 Å². The van der Waals surface area contributed by atoms with Gasteiger partial charge in [-0.3, -0.25) is 0 Å². The molecule has 0 aromatic heterocycles. The van der Waals surface area contributed by atoms with Gasteiger partial charge >= 0.3 is 0 Å². The van der Waals surface area contributed by atoms with Crippen molar-refractivity contribution in [2.24, 2.45) is 0 Å². The Morgan fingerprint density at radius 1 is 0.389 bits per heavy atom. The minimum atomic E-state index is -0.411. The number of hydrogen-bond acceptors (Lipinski definition) is 1. The van der Waals surface area contributed by atoms with Crippen LogP contribution in [-0.4, -0.2) is 0 Å². The van der Waals surface area contributed by atoms with Gasteiger partial charge in [-0.05, 0) is 74.5 Å². The number of para-hydroxylation sites is 1. The molecule has 0 atom stereocenters. The molecule has 6 aromatic rings. The predicted octanol–water partition coefficient (Wildman–Crippen LogP) is 8.95. The maximum Gasteiger partial charge on any atom is 0.0714 e. The number of fused-ring (bicyclic) bond motifs is 4. The lowest BCUT2D eigenvalue weighted by atomic mass is 9.67. The maximum atomic E-state index is 3.61. The Hall–Kier alpha value is -4.62. The summed E-state index contributed by atoms with van der Waals surface area (Å²) in [6, 6.07) is 52.7. The van der Waals surface area contributed by atoms with Gasteiger partial charge in [-0.25, -0.2) is 0 Å². The van der Waals surface area contributed by atoms with Crippen LogP contribution < -0.4 is 5.32 Å². The normalized spacial score (nSPS) is 13.2. The molecule has 36 heavy (non-hydrogen) atoms. The number of benzene rings is 6. The zero-order chi connectivity index (χ0) is 24.0. The fourth-order valence-corrected chi connectivity index (χ4v) is 5.96. The Morgan fingerprint density at radius 2 is 0.972 bits per heavy atom. The standard InChI is InChI=1S/C35H25N/c1-2-14-29(15-3-1)36-30-16-10-13-27(24-30)35(28-22-21-25-11-4-5-12-26(25)23-28)33-19-8-6-17-31(33)32-18-7-9-20-34(32)35/h1-24,36H. The van der Waals surface area contributed by atoms with Gasteiger partial charge < -0.3 is 5.32 Å². The fourth-order valence-electron chi connectivity index (χ4n) is 5.96. The van der Waals surface area contributed by atoms with Gasteiger partial charge in [0.15, 0.2) is 0 Å². The van der Waals surface area contributed by atoms with Gasteiger partial charge in [0.25, 0.3) is 0 Å². The molecule has 0 unspecified atom stereocenters. The van der Waals surface area contributed by atoms with E-state index in [1.54, 1.807) is 0 Å². The van der Waals surface area contributed by atoms with Crippen LogP contribution in [0.15, 0.2) is 146 Å². The van der Waals surface area contributed by atoms with Crippen LogP contribution in [0.1, 0.15) is 22.3 Å². The molecule has 0 amide bonds. The zero-order valence-corrected chi connectivity index (χ0v) is 19.9. The second-order valence-electron chi connectivity index (χ2n) is 9.47. The van der Waals surface area contributed by atoms with E-state index in [9.17, 15) is 0 Å². The zero-order valence-electron chi connectivity index (χ0n) is 19.9. The van der Waals surface area contributed by atoms with Gasteiger partial charge in [0.2, 0.25) is 0 Å². The van der Waals surface area contributed by atoms with Crippen LogP contribution in [0.4, 0.5) is 11.4 Å². The summed E-state index contributed by atoms with van der Waals surface area (Å²) in [6.45, 7) is 0. The van der Waals surface area contributed by atoms with Crippen LogP contribution in [0.2, 0.25) is 0 Å². The topological polar surface area (TPSA) is 12.0 Å². The summed E-state index contributed by atoms with van der Waals surface area (Å²) in [5.74, 6) is 0. The molecule has 1 N–H and O–H groups in total. The summed E-state index contributed by atoms with van der Waals surface area (Å²) in [5, 5.41) is 6.13. The molecule has 0 fully saturated rings. The third kappa shape index (κ3) is 3.10. The number of anilines is 2. The highest BCUT2D eigenvalue weighted by Crippen LogP contribution is 2.56. The van der Waals surface area contributed by atoms with Gasteiger partial charge in [-0.2, -0.15) is 0 Å². The summed E-state index contributed by atoms with van der Waals surface area (Å²) in [6.07, 6.45) is 0. The van der Waals surface area contributed by atoms with Crippen molar-refractivity contribution < 1.29 is 0 Å². The largest absolute Gasteiger partial charge is 0.356 e. The van der Waals surface area contributed by atoms with Crippen molar-refractivity contribution in [1.82, 2.24) is 0 Å². The number of rotatable bonds is 4. The van der Waals surface area contributed by atoms with E-state index in [1.165, 1.54) is 44.2 Å². The molecule has 0 radical (unpaired) electrons. The molecule has 0 saturated heterocycles. The van der Waals surface area contributed by atoms with Crippen LogP contribution in [0, 0.1) is 0 Å². The first-order valence-electron chi connectivity index (χ1n) is 12.5. The lowest BCUT2D eigenvalue weighted by molar-refractivity contribution is 0.770. The molecule has 0 spiro atoms. The Kier molecular flexibility index (Phi) is 4.75. The van der Waals surface area contributed by atoms with Crippen molar-refractivity contribution in [2.45, 2.75) is 5.41 Å². The van der Waals surface area contributed by atoms with E-state index in [2.05, 4.69) is 145 Å². The van der Waals surface area contributed by atoms with Crippen molar-refractivity contribution in [3.63, 3.8) is 0 Å². The minimum Gasteiger partial charge on any atom is -0.356 e. The van der Waals surface area contributed by atoms with Crippen LogP contribution in [0.25, 0.3) is 21.9 Å². The van der Waals surface area contributed by atoms with E-state index in [4.69, 9.17) is 0 Å². The second kappa shape index (κ2) is 8.25. The maximum absolute atomic E-state index is 3.61. The fraction of sp³-hybridized carbons (Fsp3) is 0.0286. The van der Waals surface area contributed by atoms with Crippen LogP contribution in [0.3, 0.4) is 0 Å². The van der Waals surface area contributed by atoms with Crippen LogP contribution >= 0.6 is 0 Å².